The molecule has 2 heterocycles. The molecule has 1 aliphatic heterocycles. The molecule has 2 amide bonds. The minimum Gasteiger partial charge on any atom is -0.482 e. The molecule has 1 aliphatic rings. The van der Waals surface area contributed by atoms with Crippen LogP contribution in [0.1, 0.15) is 44.3 Å². The van der Waals surface area contributed by atoms with Gasteiger partial charge < -0.3 is 19.5 Å². The van der Waals surface area contributed by atoms with Crippen LogP contribution in [0.25, 0.3) is 11.4 Å². The average Bonchev–Trinajstić information content (AvgIpc) is 3.14. The van der Waals surface area contributed by atoms with Crippen molar-refractivity contribution in [2.24, 2.45) is 0 Å². The second-order valence-electron chi connectivity index (χ2n) is 6.22. The SMILES string of the molecule is CCCN1C(=O)COc2cc(-c3noc(C(=O)N[C@H](C)CC)n3)ccc21. The van der Waals surface area contributed by atoms with Gasteiger partial charge in [0.25, 0.3) is 5.91 Å². The molecular formula is C18H22N4O4. The van der Waals surface area contributed by atoms with E-state index in [0.29, 0.717) is 23.7 Å². The molecule has 0 unspecified atom stereocenters. The summed E-state index contributed by atoms with van der Waals surface area (Å²) in [5, 5.41) is 6.66. The number of anilines is 1. The first-order valence-electron chi connectivity index (χ1n) is 8.75. The predicted octanol–water partition coefficient (Wildman–Crippen LogP) is 2.40. The number of carbonyl (C=O) groups excluding carboxylic acids is 2. The van der Waals surface area contributed by atoms with E-state index < -0.39 is 5.91 Å². The summed E-state index contributed by atoms with van der Waals surface area (Å²) in [4.78, 5) is 29.9. The van der Waals surface area contributed by atoms with Crippen LogP contribution in [0.15, 0.2) is 22.7 Å². The summed E-state index contributed by atoms with van der Waals surface area (Å²) in [6.45, 7) is 6.53. The smallest absolute Gasteiger partial charge is 0.316 e. The summed E-state index contributed by atoms with van der Waals surface area (Å²) >= 11 is 0. The fourth-order valence-electron chi connectivity index (χ4n) is 2.63. The normalized spacial score (nSPS) is 14.6. The lowest BCUT2D eigenvalue weighted by atomic mass is 10.1. The Labute approximate surface area is 151 Å². The van der Waals surface area contributed by atoms with Crippen molar-refractivity contribution in [2.45, 2.75) is 39.7 Å². The monoisotopic (exact) mass is 358 g/mol. The number of hydrogen-bond donors (Lipinski definition) is 1. The summed E-state index contributed by atoms with van der Waals surface area (Å²) in [5.41, 5.74) is 1.38. The first kappa shape index (κ1) is 17.9. The highest BCUT2D eigenvalue weighted by Gasteiger charge is 2.26. The zero-order valence-corrected chi connectivity index (χ0v) is 15.1. The molecule has 8 heteroatoms. The molecule has 0 bridgehead atoms. The maximum absolute atomic E-state index is 12.1. The Morgan fingerprint density at radius 1 is 1.38 bits per heavy atom. The molecule has 1 N–H and O–H groups in total. The van der Waals surface area contributed by atoms with E-state index in [1.807, 2.05) is 20.8 Å². The van der Waals surface area contributed by atoms with Gasteiger partial charge in [-0.2, -0.15) is 4.98 Å². The van der Waals surface area contributed by atoms with Crippen molar-refractivity contribution in [1.82, 2.24) is 15.5 Å². The molecule has 8 nitrogen and oxygen atoms in total. The largest absolute Gasteiger partial charge is 0.482 e. The van der Waals surface area contributed by atoms with Gasteiger partial charge in [0.15, 0.2) is 6.61 Å². The van der Waals surface area contributed by atoms with Crippen molar-refractivity contribution in [3.63, 3.8) is 0 Å². The predicted molar refractivity (Wildman–Crippen MR) is 95.1 cm³/mol. The Morgan fingerprint density at radius 3 is 2.92 bits per heavy atom. The van der Waals surface area contributed by atoms with E-state index in [2.05, 4.69) is 15.5 Å². The zero-order chi connectivity index (χ0) is 18.7. The lowest BCUT2D eigenvalue weighted by Gasteiger charge is -2.29. The number of nitrogens with zero attached hydrogens (tertiary/aromatic N) is 3. The molecule has 2 aromatic rings. The minimum atomic E-state index is -0.396. The summed E-state index contributed by atoms with van der Waals surface area (Å²) in [6.07, 6.45) is 1.66. The second kappa shape index (κ2) is 7.55. The van der Waals surface area contributed by atoms with Crippen molar-refractivity contribution in [2.75, 3.05) is 18.1 Å². The number of benzene rings is 1. The van der Waals surface area contributed by atoms with E-state index >= 15 is 0 Å². The van der Waals surface area contributed by atoms with Gasteiger partial charge in [-0.3, -0.25) is 9.59 Å². The van der Waals surface area contributed by atoms with Crippen LogP contribution in [0.3, 0.4) is 0 Å². The van der Waals surface area contributed by atoms with Crippen LogP contribution >= 0.6 is 0 Å². The standard InChI is InChI=1S/C18H22N4O4/c1-4-8-22-13-7-6-12(9-14(13)25-10-15(22)23)16-20-18(26-21-16)17(24)19-11(3)5-2/h6-7,9,11H,4-5,8,10H2,1-3H3,(H,19,24)/t11-/m1/s1. The van der Waals surface area contributed by atoms with Crippen LogP contribution < -0.4 is 15.0 Å². The number of fused-ring (bicyclic) bond motifs is 1. The number of nitrogens with one attached hydrogen (secondary N) is 1. The molecule has 0 fully saturated rings. The fraction of sp³-hybridized carbons (Fsp3) is 0.444. The molecule has 1 aromatic carbocycles. The van der Waals surface area contributed by atoms with Crippen molar-refractivity contribution >= 4 is 17.5 Å². The van der Waals surface area contributed by atoms with Crippen LogP contribution in [-0.2, 0) is 4.79 Å². The first-order valence-corrected chi connectivity index (χ1v) is 8.75. The van der Waals surface area contributed by atoms with Gasteiger partial charge in [0, 0.05) is 18.2 Å². The van der Waals surface area contributed by atoms with Crippen molar-refractivity contribution in [3.8, 4) is 17.1 Å². The Bertz CT molecular complexity index is 817. The van der Waals surface area contributed by atoms with Gasteiger partial charge in [0.1, 0.15) is 5.75 Å². The first-order chi connectivity index (χ1) is 12.5. The van der Waals surface area contributed by atoms with Gasteiger partial charge in [-0.1, -0.05) is 19.0 Å². The zero-order valence-electron chi connectivity index (χ0n) is 15.1. The van der Waals surface area contributed by atoms with Crippen LogP contribution in [-0.4, -0.2) is 41.1 Å². The van der Waals surface area contributed by atoms with Crippen LogP contribution in [0.4, 0.5) is 5.69 Å². The van der Waals surface area contributed by atoms with Crippen molar-refractivity contribution < 1.29 is 18.8 Å². The van der Waals surface area contributed by atoms with E-state index in [-0.39, 0.29) is 24.4 Å². The molecule has 0 saturated heterocycles. The molecule has 26 heavy (non-hydrogen) atoms. The number of aromatic nitrogens is 2. The third-order valence-corrected chi connectivity index (χ3v) is 4.22. The second-order valence-corrected chi connectivity index (χ2v) is 6.22. The molecular weight excluding hydrogens is 336 g/mol. The van der Waals surface area contributed by atoms with Crippen LogP contribution in [0.2, 0.25) is 0 Å². The summed E-state index contributed by atoms with van der Waals surface area (Å²) in [7, 11) is 0. The number of ether oxygens (including phenoxy) is 1. The lowest BCUT2D eigenvalue weighted by molar-refractivity contribution is -0.121. The summed E-state index contributed by atoms with van der Waals surface area (Å²) < 4.78 is 10.6. The maximum Gasteiger partial charge on any atom is 0.316 e. The average molecular weight is 358 g/mol. The number of amides is 2. The molecule has 1 aromatic heterocycles. The van der Waals surface area contributed by atoms with E-state index in [9.17, 15) is 9.59 Å². The Morgan fingerprint density at radius 2 is 2.19 bits per heavy atom. The Kier molecular flexibility index (Phi) is 5.20. The lowest BCUT2D eigenvalue weighted by Crippen LogP contribution is -2.39. The highest BCUT2D eigenvalue weighted by Crippen LogP contribution is 2.35. The number of hydrogen-bond acceptors (Lipinski definition) is 6. The highest BCUT2D eigenvalue weighted by atomic mass is 16.5. The maximum atomic E-state index is 12.1. The van der Waals surface area contributed by atoms with Crippen LogP contribution in [0.5, 0.6) is 5.75 Å². The minimum absolute atomic E-state index is 0.00522. The molecule has 138 valence electrons. The van der Waals surface area contributed by atoms with Crippen molar-refractivity contribution in [3.05, 3.63) is 24.1 Å². The van der Waals surface area contributed by atoms with E-state index in [1.165, 1.54) is 0 Å². The van der Waals surface area contributed by atoms with Gasteiger partial charge in [0.05, 0.1) is 5.69 Å². The highest BCUT2D eigenvalue weighted by molar-refractivity contribution is 5.98. The molecule has 3 rings (SSSR count). The summed E-state index contributed by atoms with van der Waals surface area (Å²) in [6, 6.07) is 5.36. The number of carbonyl (C=O) groups is 2. The van der Waals surface area contributed by atoms with Gasteiger partial charge in [-0.05, 0) is 38.0 Å². The van der Waals surface area contributed by atoms with E-state index in [1.54, 1.807) is 23.1 Å². The van der Waals surface area contributed by atoms with Gasteiger partial charge in [0.2, 0.25) is 5.82 Å². The Hall–Kier alpha value is -2.90. The van der Waals surface area contributed by atoms with Crippen LogP contribution in [0, 0.1) is 0 Å². The quantitative estimate of drug-likeness (QED) is 0.851. The topological polar surface area (TPSA) is 97.6 Å². The van der Waals surface area contributed by atoms with E-state index in [4.69, 9.17) is 9.26 Å². The Balaban J connectivity index is 1.83. The third kappa shape index (κ3) is 3.54. The van der Waals surface area contributed by atoms with Crippen molar-refractivity contribution in [1.29, 1.82) is 0 Å². The molecule has 0 aliphatic carbocycles. The molecule has 0 spiro atoms. The summed E-state index contributed by atoms with van der Waals surface area (Å²) in [5.74, 6) is 0.347. The number of rotatable bonds is 6. The van der Waals surface area contributed by atoms with E-state index in [0.717, 1.165) is 18.5 Å². The fourth-order valence-corrected chi connectivity index (χ4v) is 2.63. The van der Waals surface area contributed by atoms with Gasteiger partial charge >= 0.3 is 11.8 Å². The molecule has 1 atom stereocenters. The third-order valence-electron chi connectivity index (χ3n) is 4.22. The van der Waals surface area contributed by atoms with Gasteiger partial charge in [-0.15, -0.1) is 0 Å². The van der Waals surface area contributed by atoms with Gasteiger partial charge in [-0.25, -0.2) is 0 Å². The molecule has 0 radical (unpaired) electrons. The molecule has 0 saturated carbocycles.